The van der Waals surface area contributed by atoms with E-state index in [1.54, 1.807) is 6.20 Å². The number of carbonyl (C=O) groups excluding carboxylic acids is 1. The maximum atomic E-state index is 12.1. The third kappa shape index (κ3) is 7.24. The number of carbonyl (C=O) groups is 1. The van der Waals surface area contributed by atoms with Crippen LogP contribution in [-0.4, -0.2) is 31.1 Å². The Labute approximate surface area is 157 Å². The molecule has 0 bridgehead atoms. The lowest BCUT2D eigenvalue weighted by Crippen LogP contribution is -2.29. The molecule has 2 N–H and O–H groups in total. The molecule has 1 aliphatic rings. The molecule has 1 atom stereocenters. The average molecular weight is 378 g/mol. The van der Waals surface area contributed by atoms with E-state index in [2.05, 4.69) is 15.6 Å². The van der Waals surface area contributed by atoms with Crippen LogP contribution >= 0.6 is 24.8 Å². The number of rotatable bonds is 7. The topological polar surface area (TPSA) is 63.2 Å². The SMILES string of the molecule is CNCC(C)C(=O)Nc1ncccc1OCC1CCCCC1.Cl.Cl. The van der Waals surface area contributed by atoms with Crippen molar-refractivity contribution in [2.45, 2.75) is 39.0 Å². The first-order valence-corrected chi connectivity index (χ1v) is 8.24. The number of ether oxygens (including phenoxy) is 1. The van der Waals surface area contributed by atoms with Crippen molar-refractivity contribution in [3.05, 3.63) is 18.3 Å². The number of halogens is 2. The Morgan fingerprint density at radius 3 is 2.71 bits per heavy atom. The first-order chi connectivity index (χ1) is 10.7. The smallest absolute Gasteiger partial charge is 0.229 e. The van der Waals surface area contributed by atoms with Crippen LogP contribution in [0.15, 0.2) is 18.3 Å². The van der Waals surface area contributed by atoms with Crippen molar-refractivity contribution >= 4 is 36.5 Å². The fourth-order valence-corrected chi connectivity index (χ4v) is 2.80. The van der Waals surface area contributed by atoms with Gasteiger partial charge in [-0.3, -0.25) is 4.79 Å². The van der Waals surface area contributed by atoms with Crippen LogP contribution in [0.2, 0.25) is 0 Å². The van der Waals surface area contributed by atoms with Crippen molar-refractivity contribution in [2.24, 2.45) is 11.8 Å². The molecule has 1 heterocycles. The molecule has 1 amide bonds. The van der Waals surface area contributed by atoms with E-state index in [0.29, 0.717) is 30.6 Å². The van der Waals surface area contributed by atoms with Crippen LogP contribution in [0.3, 0.4) is 0 Å². The van der Waals surface area contributed by atoms with Crippen molar-refractivity contribution in [1.29, 1.82) is 0 Å². The molecule has 138 valence electrons. The average Bonchev–Trinajstić information content (AvgIpc) is 2.55. The Bertz CT molecular complexity index is 483. The summed E-state index contributed by atoms with van der Waals surface area (Å²) in [5.41, 5.74) is 0. The molecular formula is C17H29Cl2N3O2. The Hall–Kier alpha value is -1.04. The van der Waals surface area contributed by atoms with Gasteiger partial charge in [0.05, 0.1) is 6.61 Å². The highest BCUT2D eigenvalue weighted by Gasteiger charge is 2.17. The van der Waals surface area contributed by atoms with Gasteiger partial charge in [-0.05, 0) is 37.9 Å². The minimum absolute atomic E-state index is 0. The molecule has 1 aliphatic carbocycles. The van der Waals surface area contributed by atoms with E-state index in [1.807, 2.05) is 26.1 Å². The van der Waals surface area contributed by atoms with E-state index in [0.717, 1.165) is 0 Å². The molecule has 1 fully saturated rings. The number of aromatic nitrogens is 1. The lowest BCUT2D eigenvalue weighted by Gasteiger charge is -2.22. The third-order valence-corrected chi connectivity index (χ3v) is 4.17. The van der Waals surface area contributed by atoms with Gasteiger partial charge in [0.1, 0.15) is 0 Å². The molecule has 0 radical (unpaired) electrons. The Balaban J connectivity index is 0.00000264. The number of nitrogens with zero attached hydrogens (tertiary/aromatic N) is 1. The fraction of sp³-hybridized carbons (Fsp3) is 0.647. The van der Waals surface area contributed by atoms with Gasteiger partial charge >= 0.3 is 0 Å². The minimum Gasteiger partial charge on any atom is -0.489 e. The van der Waals surface area contributed by atoms with Crippen molar-refractivity contribution in [3.63, 3.8) is 0 Å². The highest BCUT2D eigenvalue weighted by Crippen LogP contribution is 2.27. The predicted molar refractivity (Wildman–Crippen MR) is 103 cm³/mol. The molecule has 0 aliphatic heterocycles. The fourth-order valence-electron chi connectivity index (χ4n) is 2.80. The largest absolute Gasteiger partial charge is 0.489 e. The van der Waals surface area contributed by atoms with Gasteiger partial charge in [0.15, 0.2) is 11.6 Å². The molecule has 0 saturated heterocycles. The van der Waals surface area contributed by atoms with Gasteiger partial charge in [-0.2, -0.15) is 0 Å². The summed E-state index contributed by atoms with van der Waals surface area (Å²) in [5, 5.41) is 5.87. The number of hydrogen-bond donors (Lipinski definition) is 2. The second-order valence-corrected chi connectivity index (χ2v) is 6.11. The lowest BCUT2D eigenvalue weighted by molar-refractivity contribution is -0.119. The zero-order valence-electron chi connectivity index (χ0n) is 14.4. The van der Waals surface area contributed by atoms with Crippen molar-refractivity contribution in [1.82, 2.24) is 10.3 Å². The van der Waals surface area contributed by atoms with E-state index < -0.39 is 0 Å². The summed E-state index contributed by atoms with van der Waals surface area (Å²) in [5.74, 6) is 1.65. The lowest BCUT2D eigenvalue weighted by atomic mass is 9.90. The highest BCUT2D eigenvalue weighted by molar-refractivity contribution is 5.92. The Kier molecular flexibility index (Phi) is 11.8. The van der Waals surface area contributed by atoms with Crippen LogP contribution in [-0.2, 0) is 4.79 Å². The van der Waals surface area contributed by atoms with E-state index in [-0.39, 0.29) is 36.6 Å². The predicted octanol–water partition coefficient (Wildman–Crippen LogP) is 3.68. The van der Waals surface area contributed by atoms with E-state index in [1.165, 1.54) is 32.1 Å². The highest BCUT2D eigenvalue weighted by atomic mass is 35.5. The third-order valence-electron chi connectivity index (χ3n) is 4.17. The van der Waals surface area contributed by atoms with Crippen molar-refractivity contribution < 1.29 is 9.53 Å². The second kappa shape index (κ2) is 12.3. The van der Waals surface area contributed by atoms with Gasteiger partial charge in [0.25, 0.3) is 0 Å². The zero-order chi connectivity index (χ0) is 15.8. The molecule has 5 nitrogen and oxygen atoms in total. The summed E-state index contributed by atoms with van der Waals surface area (Å²) >= 11 is 0. The number of pyridine rings is 1. The standard InChI is InChI=1S/C17H27N3O2.2ClH/c1-13(11-18-2)17(21)20-16-15(9-6-10-19-16)22-12-14-7-4-3-5-8-14;;/h6,9-10,13-14,18H,3-5,7-8,11-12H2,1-2H3,(H,19,20,21);2*1H. The van der Waals surface area contributed by atoms with Gasteiger partial charge in [0.2, 0.25) is 5.91 Å². The van der Waals surface area contributed by atoms with Crippen LogP contribution in [0.25, 0.3) is 0 Å². The maximum Gasteiger partial charge on any atom is 0.229 e. The van der Waals surface area contributed by atoms with E-state index >= 15 is 0 Å². The van der Waals surface area contributed by atoms with Crippen molar-refractivity contribution in [2.75, 3.05) is 25.5 Å². The Morgan fingerprint density at radius 2 is 2.04 bits per heavy atom. The summed E-state index contributed by atoms with van der Waals surface area (Å²) in [7, 11) is 1.84. The summed E-state index contributed by atoms with van der Waals surface area (Å²) in [6.07, 6.45) is 8.08. The van der Waals surface area contributed by atoms with Crippen LogP contribution in [0.4, 0.5) is 5.82 Å². The molecular weight excluding hydrogens is 349 g/mol. The summed E-state index contributed by atoms with van der Waals surface area (Å²) in [6, 6.07) is 3.71. The van der Waals surface area contributed by atoms with Gasteiger partial charge in [-0.25, -0.2) is 4.98 Å². The maximum absolute atomic E-state index is 12.1. The summed E-state index contributed by atoms with van der Waals surface area (Å²) < 4.78 is 5.92. The normalized spacial score (nSPS) is 15.6. The number of anilines is 1. The van der Waals surface area contributed by atoms with Crippen LogP contribution in [0, 0.1) is 11.8 Å². The van der Waals surface area contributed by atoms with Gasteiger partial charge < -0.3 is 15.4 Å². The Morgan fingerprint density at radius 1 is 1.33 bits per heavy atom. The number of hydrogen-bond acceptors (Lipinski definition) is 4. The molecule has 1 aromatic rings. The molecule has 1 aromatic heterocycles. The molecule has 2 rings (SSSR count). The first kappa shape index (κ1) is 23.0. The molecule has 24 heavy (non-hydrogen) atoms. The molecule has 1 saturated carbocycles. The van der Waals surface area contributed by atoms with Crippen molar-refractivity contribution in [3.8, 4) is 5.75 Å². The number of amides is 1. The molecule has 1 unspecified atom stereocenters. The van der Waals surface area contributed by atoms with Crippen LogP contribution in [0.1, 0.15) is 39.0 Å². The van der Waals surface area contributed by atoms with Gasteiger partial charge in [0, 0.05) is 18.7 Å². The molecule has 7 heteroatoms. The quantitative estimate of drug-likeness (QED) is 0.760. The minimum atomic E-state index is -0.113. The van der Waals surface area contributed by atoms with Crippen LogP contribution < -0.4 is 15.4 Å². The summed E-state index contributed by atoms with van der Waals surface area (Å²) in [6.45, 7) is 3.23. The van der Waals surface area contributed by atoms with Gasteiger partial charge in [-0.15, -0.1) is 24.8 Å². The second-order valence-electron chi connectivity index (χ2n) is 6.11. The van der Waals surface area contributed by atoms with E-state index in [9.17, 15) is 4.79 Å². The number of nitrogens with one attached hydrogen (secondary N) is 2. The first-order valence-electron chi connectivity index (χ1n) is 8.24. The zero-order valence-corrected chi connectivity index (χ0v) is 16.0. The van der Waals surface area contributed by atoms with Gasteiger partial charge in [-0.1, -0.05) is 26.2 Å². The molecule has 0 aromatic carbocycles. The monoisotopic (exact) mass is 377 g/mol. The molecule has 0 spiro atoms. The van der Waals surface area contributed by atoms with E-state index in [4.69, 9.17) is 4.74 Å². The van der Waals surface area contributed by atoms with Crippen LogP contribution in [0.5, 0.6) is 5.75 Å². The summed E-state index contributed by atoms with van der Waals surface area (Å²) in [4.78, 5) is 16.4.